The second-order valence-corrected chi connectivity index (χ2v) is 14.8. The molecule has 0 amide bonds. The summed E-state index contributed by atoms with van der Waals surface area (Å²) < 4.78 is 14.4. The maximum absolute atomic E-state index is 13.4. The average molecular weight is 703 g/mol. The molecule has 4 aromatic rings. The van der Waals surface area contributed by atoms with E-state index in [2.05, 4.69) is 73.4 Å². The number of ether oxygens (including phenoxy) is 1. The fraction of sp³-hybridized carbons (Fsp3) is 0.270. The van der Waals surface area contributed by atoms with E-state index in [1.165, 1.54) is 0 Å². The summed E-state index contributed by atoms with van der Waals surface area (Å²) in [6.45, 7) is 14.6. The largest absolute Gasteiger partial charge is 0.466 e. The Balaban J connectivity index is 1.63. The third-order valence-corrected chi connectivity index (χ3v) is 9.34. The van der Waals surface area contributed by atoms with Crippen LogP contribution in [0.1, 0.15) is 52.7 Å². The molecule has 5 rings (SSSR count). The van der Waals surface area contributed by atoms with Crippen LogP contribution in [-0.4, -0.2) is 0 Å². The van der Waals surface area contributed by atoms with Gasteiger partial charge in [0.05, 0.1) is 33.7 Å². The van der Waals surface area contributed by atoms with Crippen LogP contribution in [0, 0.1) is 23.7 Å². The Bertz CT molecular complexity index is 1930. The smallest absolute Gasteiger partial charge is 0.361 e. The highest BCUT2D eigenvalue weighted by Crippen LogP contribution is 2.39. The van der Waals surface area contributed by atoms with E-state index in [-0.39, 0.29) is 38.0 Å². The molecule has 43 heavy (non-hydrogen) atoms. The lowest BCUT2D eigenvalue weighted by atomic mass is 9.85. The molecular formula is C37H35Br2O4+. The van der Waals surface area contributed by atoms with Gasteiger partial charge in [0.25, 0.3) is 0 Å². The van der Waals surface area contributed by atoms with Gasteiger partial charge >= 0.3 is 11.5 Å². The highest BCUT2D eigenvalue weighted by atomic mass is 79.9. The highest BCUT2D eigenvalue weighted by Gasteiger charge is 2.30. The lowest BCUT2D eigenvalue weighted by molar-refractivity contribution is 0.155. The SMILES string of the molecule is Cc1ccccc1-c1cc(C=c2c(=O)c(=CC3C=C(C(C)(C)C)OC(C(C)(C)C)=C3)c2=O)cc(-c2ccc(Br)c(Br)c2)[o+]1. The van der Waals surface area contributed by atoms with Gasteiger partial charge in [-0.25, -0.2) is 4.42 Å². The molecule has 0 unspecified atom stereocenters. The Morgan fingerprint density at radius 3 is 1.95 bits per heavy atom. The van der Waals surface area contributed by atoms with Crippen molar-refractivity contribution < 1.29 is 9.15 Å². The monoisotopic (exact) mass is 701 g/mol. The van der Waals surface area contributed by atoms with Crippen LogP contribution in [0.4, 0.5) is 0 Å². The van der Waals surface area contributed by atoms with Gasteiger partial charge in [-0.3, -0.25) is 9.59 Å². The van der Waals surface area contributed by atoms with E-state index in [0.717, 1.165) is 37.2 Å². The molecule has 0 radical (unpaired) electrons. The fourth-order valence-corrected chi connectivity index (χ4v) is 5.57. The quantitative estimate of drug-likeness (QED) is 0.200. The van der Waals surface area contributed by atoms with Crippen molar-refractivity contribution in [2.24, 2.45) is 16.7 Å². The van der Waals surface area contributed by atoms with Crippen LogP contribution in [0.5, 0.6) is 0 Å². The van der Waals surface area contributed by atoms with E-state index < -0.39 is 0 Å². The summed E-state index contributed by atoms with van der Waals surface area (Å²) in [5.41, 5.74) is 2.64. The second kappa shape index (κ2) is 11.6. The third-order valence-electron chi connectivity index (χ3n) is 7.46. The van der Waals surface area contributed by atoms with Gasteiger partial charge in [-0.1, -0.05) is 65.8 Å². The van der Waals surface area contributed by atoms with Crippen LogP contribution in [0.3, 0.4) is 0 Å². The summed E-state index contributed by atoms with van der Waals surface area (Å²) in [5.74, 6) is 2.73. The van der Waals surface area contributed by atoms with Gasteiger partial charge in [0.1, 0.15) is 11.5 Å². The summed E-state index contributed by atoms with van der Waals surface area (Å²) in [6, 6.07) is 17.6. The number of hydrogen-bond donors (Lipinski definition) is 0. The van der Waals surface area contributed by atoms with Crippen molar-refractivity contribution in [1.29, 1.82) is 0 Å². The maximum atomic E-state index is 13.4. The first kappa shape index (κ1) is 31.1. The molecule has 0 atom stereocenters. The molecule has 0 fully saturated rings. The Morgan fingerprint density at radius 1 is 0.767 bits per heavy atom. The van der Waals surface area contributed by atoms with E-state index in [9.17, 15) is 9.59 Å². The molecule has 0 saturated carbocycles. The molecule has 0 aliphatic carbocycles. The van der Waals surface area contributed by atoms with E-state index >= 15 is 0 Å². The molecule has 4 nitrogen and oxygen atoms in total. The number of rotatable bonds is 4. The first-order chi connectivity index (χ1) is 20.1. The van der Waals surface area contributed by atoms with Crippen molar-refractivity contribution in [1.82, 2.24) is 0 Å². The second-order valence-electron chi connectivity index (χ2n) is 13.1. The van der Waals surface area contributed by atoms with Gasteiger partial charge in [-0.05, 0) is 92.4 Å². The van der Waals surface area contributed by atoms with Gasteiger partial charge < -0.3 is 4.74 Å². The van der Waals surface area contributed by atoms with Crippen LogP contribution in [0.15, 0.2) is 101 Å². The third kappa shape index (κ3) is 6.61. The van der Waals surface area contributed by atoms with Crippen LogP contribution < -0.4 is 21.3 Å². The van der Waals surface area contributed by atoms with Crippen molar-refractivity contribution in [2.45, 2.75) is 48.5 Å². The first-order valence-electron chi connectivity index (χ1n) is 14.3. The van der Waals surface area contributed by atoms with Crippen LogP contribution in [-0.2, 0) is 4.74 Å². The van der Waals surface area contributed by atoms with Crippen molar-refractivity contribution in [3.05, 3.63) is 129 Å². The standard InChI is InChI=1S/C37H35Br2O4/c1-21-10-8-9-11-25(21)31-17-22(16-30(42-31)24-12-13-28(38)29(39)20-24)14-26-34(40)27(35(26)41)15-23-18-32(36(2,3)4)43-33(19-23)37(5,6)7/h8-20,23H,1-7H3/q+1. The maximum Gasteiger partial charge on any atom is 0.361 e. The predicted molar refractivity (Wildman–Crippen MR) is 182 cm³/mol. The molecular weight excluding hydrogens is 668 g/mol. The molecule has 6 heteroatoms. The normalized spacial score (nSPS) is 14.3. The van der Waals surface area contributed by atoms with Crippen LogP contribution in [0.2, 0.25) is 0 Å². The number of halogens is 2. The van der Waals surface area contributed by atoms with Crippen LogP contribution in [0.25, 0.3) is 34.8 Å². The minimum atomic E-state index is -0.251. The number of aryl methyl sites for hydroxylation is 1. The van der Waals surface area contributed by atoms with E-state index in [1.54, 1.807) is 12.2 Å². The van der Waals surface area contributed by atoms with Crippen molar-refractivity contribution in [2.75, 3.05) is 0 Å². The average Bonchev–Trinajstić information content (AvgIpc) is 2.95. The molecule has 220 valence electrons. The molecule has 0 spiro atoms. The lowest BCUT2D eigenvalue weighted by Crippen LogP contribution is -2.64. The first-order valence-corrected chi connectivity index (χ1v) is 15.9. The predicted octanol–water partition coefficient (Wildman–Crippen LogP) is 8.44. The van der Waals surface area contributed by atoms with Crippen molar-refractivity contribution in [3.8, 4) is 22.6 Å². The number of benzene rings is 2. The fourth-order valence-electron chi connectivity index (χ4n) is 4.94. The highest BCUT2D eigenvalue weighted by molar-refractivity contribution is 9.13. The Labute approximate surface area is 269 Å². The van der Waals surface area contributed by atoms with Crippen LogP contribution >= 0.6 is 31.9 Å². The van der Waals surface area contributed by atoms with E-state index in [0.29, 0.717) is 17.1 Å². The summed E-state index contributed by atoms with van der Waals surface area (Å²) in [4.78, 5) is 26.8. The molecule has 1 aliphatic heterocycles. The molecule has 3 aromatic carbocycles. The Morgan fingerprint density at radius 2 is 1.37 bits per heavy atom. The lowest BCUT2D eigenvalue weighted by Gasteiger charge is -2.33. The van der Waals surface area contributed by atoms with Crippen molar-refractivity contribution in [3.63, 3.8) is 0 Å². The van der Waals surface area contributed by atoms with Gasteiger partial charge in [-0.15, -0.1) is 0 Å². The van der Waals surface area contributed by atoms with Gasteiger partial charge in [0.2, 0.25) is 10.9 Å². The molecule has 1 aromatic heterocycles. The van der Waals surface area contributed by atoms with E-state index in [4.69, 9.17) is 9.15 Å². The molecule has 0 saturated heterocycles. The topological polar surface area (TPSA) is 54.7 Å². The number of hydrogen-bond acceptors (Lipinski definition) is 3. The van der Waals surface area contributed by atoms with Gasteiger partial charge in [-0.2, -0.15) is 0 Å². The van der Waals surface area contributed by atoms with Gasteiger partial charge in [0.15, 0.2) is 0 Å². The molecule has 1 aliphatic rings. The minimum Gasteiger partial charge on any atom is -0.466 e. The zero-order valence-electron chi connectivity index (χ0n) is 25.5. The summed E-state index contributed by atoms with van der Waals surface area (Å²) in [7, 11) is 0. The Hall–Kier alpha value is -3.35. The summed E-state index contributed by atoms with van der Waals surface area (Å²) in [6.07, 6.45) is 7.44. The van der Waals surface area contributed by atoms with Crippen molar-refractivity contribution >= 4 is 44.0 Å². The zero-order valence-corrected chi connectivity index (χ0v) is 28.6. The Kier molecular flexibility index (Phi) is 8.40. The summed E-state index contributed by atoms with van der Waals surface area (Å²) >= 11 is 7.10. The molecule has 2 heterocycles. The van der Waals surface area contributed by atoms with E-state index in [1.807, 2.05) is 73.7 Å². The van der Waals surface area contributed by atoms with Gasteiger partial charge in [0, 0.05) is 25.7 Å². The molecule has 0 bridgehead atoms. The number of allylic oxidation sites excluding steroid dienone is 4. The molecule has 0 N–H and O–H groups in total. The summed E-state index contributed by atoms with van der Waals surface area (Å²) in [5, 5.41) is 0.382. The minimum absolute atomic E-state index is 0.170. The zero-order chi connectivity index (χ0) is 31.3.